The fourth-order valence-electron chi connectivity index (χ4n) is 3.90. The summed E-state index contributed by atoms with van der Waals surface area (Å²) >= 11 is 0. The van der Waals surface area contributed by atoms with Crippen LogP contribution in [-0.4, -0.2) is 34.5 Å². The molecule has 4 heteroatoms. The molecule has 0 spiro atoms. The first-order valence-electron chi connectivity index (χ1n) is 10.3. The third-order valence-corrected chi connectivity index (χ3v) is 5.30. The van der Waals surface area contributed by atoms with Crippen molar-refractivity contribution < 1.29 is 19.7 Å². The highest BCUT2D eigenvalue weighted by molar-refractivity contribution is 5.70. The van der Waals surface area contributed by atoms with Crippen molar-refractivity contribution in [2.45, 2.75) is 76.4 Å². The highest BCUT2D eigenvalue weighted by atomic mass is 16.5. The number of allylic oxidation sites excluding steroid dienone is 1. The van der Waals surface area contributed by atoms with Crippen LogP contribution in [0.3, 0.4) is 0 Å². The molecule has 0 aliphatic heterocycles. The Balaban J connectivity index is 1.69. The van der Waals surface area contributed by atoms with E-state index in [-0.39, 0.29) is 18.3 Å². The van der Waals surface area contributed by atoms with Gasteiger partial charge in [-0.05, 0) is 63.4 Å². The van der Waals surface area contributed by atoms with Crippen molar-refractivity contribution >= 4 is 5.97 Å². The molecule has 0 amide bonds. The summed E-state index contributed by atoms with van der Waals surface area (Å²) in [6.45, 7) is 2.12. The average molecular weight is 375 g/mol. The van der Waals surface area contributed by atoms with E-state index in [0.717, 1.165) is 38.5 Å². The van der Waals surface area contributed by atoms with Crippen molar-refractivity contribution in [3.05, 3.63) is 48.0 Å². The van der Waals surface area contributed by atoms with E-state index < -0.39 is 11.7 Å². The maximum atomic E-state index is 11.7. The minimum Gasteiger partial charge on any atom is -0.466 e. The van der Waals surface area contributed by atoms with Gasteiger partial charge in [0.1, 0.15) is 0 Å². The van der Waals surface area contributed by atoms with E-state index in [4.69, 9.17) is 4.74 Å². The second-order valence-electron chi connectivity index (χ2n) is 7.75. The molecule has 2 N–H and O–H groups in total. The zero-order valence-electron chi connectivity index (χ0n) is 16.5. The van der Waals surface area contributed by atoms with Crippen LogP contribution in [0.5, 0.6) is 0 Å². The topological polar surface area (TPSA) is 66.8 Å². The Kier molecular flexibility index (Phi) is 9.02. The zero-order valence-corrected chi connectivity index (χ0v) is 16.5. The van der Waals surface area contributed by atoms with E-state index in [0.29, 0.717) is 19.4 Å². The molecule has 0 heterocycles. The van der Waals surface area contributed by atoms with Crippen LogP contribution in [0.15, 0.2) is 42.5 Å². The Morgan fingerprint density at radius 3 is 2.85 bits per heavy atom. The number of carbonyl (C=O) groups is 1. The van der Waals surface area contributed by atoms with Gasteiger partial charge < -0.3 is 14.9 Å². The van der Waals surface area contributed by atoms with E-state index in [1.165, 1.54) is 5.56 Å². The highest BCUT2D eigenvalue weighted by Crippen LogP contribution is 2.35. The largest absolute Gasteiger partial charge is 0.466 e. The summed E-state index contributed by atoms with van der Waals surface area (Å²) in [5.74, 6) is -0.125. The molecule has 0 saturated heterocycles. The molecule has 1 aromatic carbocycles. The van der Waals surface area contributed by atoms with Crippen LogP contribution >= 0.6 is 0 Å². The lowest BCUT2D eigenvalue weighted by Gasteiger charge is -2.35. The van der Waals surface area contributed by atoms with E-state index in [1.54, 1.807) is 6.92 Å². The second-order valence-corrected chi connectivity index (χ2v) is 7.75. The van der Waals surface area contributed by atoms with E-state index in [2.05, 4.69) is 24.3 Å². The lowest BCUT2D eigenvalue weighted by molar-refractivity contribution is -0.150. The van der Waals surface area contributed by atoms with Crippen molar-refractivity contribution in [2.24, 2.45) is 5.92 Å². The third-order valence-electron chi connectivity index (χ3n) is 5.30. The summed E-state index contributed by atoms with van der Waals surface area (Å²) in [5, 5.41) is 20.9. The van der Waals surface area contributed by atoms with E-state index in [9.17, 15) is 15.0 Å². The number of rotatable bonds is 10. The van der Waals surface area contributed by atoms with Gasteiger partial charge >= 0.3 is 5.97 Å². The number of aliphatic hydroxyl groups excluding tert-OH is 1. The maximum Gasteiger partial charge on any atom is 0.308 e. The zero-order chi connectivity index (χ0) is 19.5. The van der Waals surface area contributed by atoms with Gasteiger partial charge in [-0.1, -0.05) is 48.9 Å². The Morgan fingerprint density at radius 2 is 2.11 bits per heavy atom. The van der Waals surface area contributed by atoms with Crippen LogP contribution < -0.4 is 0 Å². The molecule has 1 fully saturated rings. The number of esters is 1. The molecule has 27 heavy (non-hydrogen) atoms. The van der Waals surface area contributed by atoms with Crippen molar-refractivity contribution in [3.8, 4) is 0 Å². The number of carbonyl (C=O) groups excluding carboxylic acids is 1. The SMILES string of the molecule is CCOC(=O)C[C@]1(O)CCCC(C=CC(O)CCCCc2ccccc2)C1. The van der Waals surface area contributed by atoms with Crippen molar-refractivity contribution in [1.82, 2.24) is 0 Å². The monoisotopic (exact) mass is 374 g/mol. The number of hydrogen-bond donors (Lipinski definition) is 2. The van der Waals surface area contributed by atoms with Crippen LogP contribution in [0.1, 0.15) is 63.9 Å². The fraction of sp³-hybridized carbons (Fsp3) is 0.609. The molecule has 1 aromatic rings. The molecule has 3 atom stereocenters. The first kappa shape index (κ1) is 21.6. The summed E-state index contributed by atoms with van der Waals surface area (Å²) in [6.07, 6.45) is 10.4. The summed E-state index contributed by atoms with van der Waals surface area (Å²) < 4.78 is 4.97. The standard InChI is InChI=1S/C23H34O4/c1-2-27-22(25)18-23(26)16-8-12-20(17-23)14-15-21(24)13-7-6-11-19-9-4-3-5-10-19/h3-5,9-10,14-15,20-21,24,26H,2,6-8,11-13,16-18H2,1H3/t20?,21?,23-/m0/s1. The number of ether oxygens (including phenoxy) is 1. The number of aryl methyl sites for hydroxylation is 1. The molecule has 0 aromatic heterocycles. The van der Waals surface area contributed by atoms with Crippen LogP contribution in [0.25, 0.3) is 0 Å². The summed E-state index contributed by atoms with van der Waals surface area (Å²) in [7, 11) is 0. The molecule has 150 valence electrons. The van der Waals surface area contributed by atoms with Crippen molar-refractivity contribution in [1.29, 1.82) is 0 Å². The first-order valence-corrected chi connectivity index (χ1v) is 10.3. The molecule has 1 saturated carbocycles. The number of benzene rings is 1. The maximum absolute atomic E-state index is 11.7. The van der Waals surface area contributed by atoms with Gasteiger partial charge in [-0.25, -0.2) is 0 Å². The molecule has 4 nitrogen and oxygen atoms in total. The van der Waals surface area contributed by atoms with Crippen LogP contribution in [0.4, 0.5) is 0 Å². The normalized spacial score (nSPS) is 24.0. The minimum absolute atomic E-state index is 0.0627. The average Bonchev–Trinajstić information content (AvgIpc) is 2.64. The van der Waals surface area contributed by atoms with Gasteiger partial charge in [0.25, 0.3) is 0 Å². The summed E-state index contributed by atoms with van der Waals surface area (Å²) in [4.78, 5) is 11.7. The molecule has 0 bridgehead atoms. The van der Waals surface area contributed by atoms with E-state index in [1.807, 2.05) is 18.2 Å². The van der Waals surface area contributed by atoms with Gasteiger partial charge in [0.15, 0.2) is 0 Å². The third kappa shape index (κ3) is 8.27. The lowest BCUT2D eigenvalue weighted by Crippen LogP contribution is -2.37. The van der Waals surface area contributed by atoms with Gasteiger partial charge in [0.05, 0.1) is 24.7 Å². The molecule has 2 unspecified atom stereocenters. The fourth-order valence-corrected chi connectivity index (χ4v) is 3.90. The Labute approximate surface area is 163 Å². The van der Waals surface area contributed by atoms with Crippen molar-refractivity contribution in [2.75, 3.05) is 6.61 Å². The molecular weight excluding hydrogens is 340 g/mol. The van der Waals surface area contributed by atoms with Gasteiger partial charge in [-0.15, -0.1) is 0 Å². The van der Waals surface area contributed by atoms with E-state index >= 15 is 0 Å². The van der Waals surface area contributed by atoms with Crippen molar-refractivity contribution in [3.63, 3.8) is 0 Å². The van der Waals surface area contributed by atoms with Gasteiger partial charge in [0, 0.05) is 0 Å². The summed E-state index contributed by atoms with van der Waals surface area (Å²) in [6, 6.07) is 10.4. The Morgan fingerprint density at radius 1 is 1.33 bits per heavy atom. The molecular formula is C23H34O4. The predicted molar refractivity (Wildman–Crippen MR) is 107 cm³/mol. The second kappa shape index (κ2) is 11.3. The van der Waals surface area contributed by atoms with Gasteiger partial charge in [0.2, 0.25) is 0 Å². The highest BCUT2D eigenvalue weighted by Gasteiger charge is 2.35. The molecule has 1 aliphatic carbocycles. The Hall–Kier alpha value is -1.65. The van der Waals surface area contributed by atoms with Gasteiger partial charge in [-0.3, -0.25) is 4.79 Å². The summed E-state index contributed by atoms with van der Waals surface area (Å²) in [5.41, 5.74) is 0.366. The number of hydrogen-bond acceptors (Lipinski definition) is 4. The number of unbranched alkanes of at least 4 members (excludes halogenated alkanes) is 1. The predicted octanol–water partition coefficient (Wildman–Crippen LogP) is 4.19. The molecule has 1 aliphatic rings. The quantitative estimate of drug-likeness (QED) is 0.366. The lowest BCUT2D eigenvalue weighted by atomic mass is 9.76. The molecule has 0 radical (unpaired) electrons. The molecule has 2 rings (SSSR count). The van der Waals surface area contributed by atoms with Crippen LogP contribution in [0.2, 0.25) is 0 Å². The minimum atomic E-state index is -0.972. The smallest absolute Gasteiger partial charge is 0.308 e. The Bertz CT molecular complexity index is 583. The number of aliphatic hydroxyl groups is 2. The van der Waals surface area contributed by atoms with Gasteiger partial charge in [-0.2, -0.15) is 0 Å². The first-order chi connectivity index (χ1) is 13.0. The van der Waals surface area contributed by atoms with Crippen LogP contribution in [-0.2, 0) is 16.0 Å². The van der Waals surface area contributed by atoms with Crippen LogP contribution in [0, 0.1) is 5.92 Å².